The summed E-state index contributed by atoms with van der Waals surface area (Å²) in [5.41, 5.74) is 4.09. The minimum atomic E-state index is -2.58. The maximum Gasteiger partial charge on any atom is 0.245 e. The Morgan fingerprint density at radius 2 is 1.31 bits per heavy atom. The topological polar surface area (TPSA) is 9.23 Å². The maximum absolute atomic E-state index is 14.9. The van der Waals surface area contributed by atoms with E-state index in [4.69, 9.17) is 4.74 Å². The van der Waals surface area contributed by atoms with Gasteiger partial charge in [-0.25, -0.2) is 13.2 Å². The zero-order valence-electron chi connectivity index (χ0n) is 23.1. The summed E-state index contributed by atoms with van der Waals surface area (Å²) in [4.78, 5) is 0. The molecule has 0 aliphatic heterocycles. The molecular weight excluding hydrogens is 500 g/mol. The summed E-state index contributed by atoms with van der Waals surface area (Å²) in [6.07, 6.45) is 8.88. The van der Waals surface area contributed by atoms with E-state index in [1.54, 1.807) is 18.2 Å². The first-order chi connectivity index (χ1) is 18.7. The summed E-state index contributed by atoms with van der Waals surface area (Å²) in [5, 5.41) is 0. The number of hydrogen-bond acceptors (Lipinski definition) is 1. The number of hydrogen-bond donors (Lipinski definition) is 0. The zero-order valence-corrected chi connectivity index (χ0v) is 23.1. The third-order valence-electron chi connectivity index (χ3n) is 7.96. The minimum Gasteiger partial charge on any atom is -0.490 e. The summed E-state index contributed by atoms with van der Waals surface area (Å²) in [6, 6.07) is 18.9. The summed E-state index contributed by atoms with van der Waals surface area (Å²) in [7, 11) is 0. The Morgan fingerprint density at radius 1 is 0.718 bits per heavy atom. The summed E-state index contributed by atoms with van der Waals surface area (Å²) < 4.78 is 61.7. The van der Waals surface area contributed by atoms with Crippen molar-refractivity contribution in [2.45, 2.75) is 89.9 Å². The molecule has 0 heterocycles. The van der Waals surface area contributed by atoms with Gasteiger partial charge in [-0.2, -0.15) is 4.39 Å². The van der Waals surface area contributed by atoms with Gasteiger partial charge in [-0.1, -0.05) is 81.1 Å². The number of alkyl halides is 2. The van der Waals surface area contributed by atoms with Gasteiger partial charge < -0.3 is 4.74 Å². The molecule has 1 aliphatic rings. The molecule has 0 radical (unpaired) electrons. The molecule has 0 aromatic heterocycles. The molecule has 0 amide bonds. The van der Waals surface area contributed by atoms with E-state index < -0.39 is 17.6 Å². The molecule has 1 fully saturated rings. The van der Waals surface area contributed by atoms with Crippen LogP contribution in [0, 0.1) is 17.6 Å². The number of benzene rings is 3. The van der Waals surface area contributed by atoms with Gasteiger partial charge in [0, 0.05) is 12.0 Å². The SMILES string of the molecule is CCCCCCCOc1ccc(-c2ccc(-c3ccc(C4CCC(CC(C)(F)F)CC4)cc3)cc2)c(F)c1F. The molecule has 0 bridgehead atoms. The molecular formula is C34H40F4O. The van der Waals surface area contributed by atoms with Gasteiger partial charge in [0.2, 0.25) is 11.7 Å². The lowest BCUT2D eigenvalue weighted by Gasteiger charge is -2.30. The molecule has 0 N–H and O–H groups in total. The fraction of sp³-hybridized carbons (Fsp3) is 0.471. The van der Waals surface area contributed by atoms with Crippen molar-refractivity contribution < 1.29 is 22.3 Å². The Kier molecular flexibility index (Phi) is 10.1. The highest BCUT2D eigenvalue weighted by Crippen LogP contribution is 2.40. The van der Waals surface area contributed by atoms with Crippen LogP contribution in [0.25, 0.3) is 22.3 Å². The van der Waals surface area contributed by atoms with E-state index in [2.05, 4.69) is 31.2 Å². The molecule has 5 heteroatoms. The second-order valence-corrected chi connectivity index (χ2v) is 11.2. The molecule has 3 aromatic rings. The van der Waals surface area contributed by atoms with Crippen molar-refractivity contribution in [1.82, 2.24) is 0 Å². The van der Waals surface area contributed by atoms with Crippen molar-refractivity contribution in [3.63, 3.8) is 0 Å². The van der Waals surface area contributed by atoms with Crippen LogP contribution in [0.4, 0.5) is 17.6 Å². The summed E-state index contributed by atoms with van der Waals surface area (Å²) in [5.74, 6) is -3.94. The highest BCUT2D eigenvalue weighted by atomic mass is 19.3. The van der Waals surface area contributed by atoms with Crippen LogP contribution in [0.5, 0.6) is 5.75 Å². The molecule has 4 rings (SSSR count). The van der Waals surface area contributed by atoms with E-state index in [1.165, 1.54) is 18.1 Å². The second kappa shape index (κ2) is 13.5. The Labute approximate surface area is 230 Å². The van der Waals surface area contributed by atoms with Crippen LogP contribution in [0.2, 0.25) is 0 Å². The monoisotopic (exact) mass is 540 g/mol. The third kappa shape index (κ3) is 8.09. The molecule has 0 spiro atoms. The Hall–Kier alpha value is -2.82. The quantitative estimate of drug-likeness (QED) is 0.164. The van der Waals surface area contributed by atoms with Crippen LogP contribution in [0.3, 0.4) is 0 Å². The van der Waals surface area contributed by atoms with Gasteiger partial charge in [0.15, 0.2) is 11.6 Å². The van der Waals surface area contributed by atoms with E-state index in [0.717, 1.165) is 69.4 Å². The lowest BCUT2D eigenvalue weighted by atomic mass is 9.76. The molecule has 0 atom stereocenters. The number of rotatable bonds is 12. The summed E-state index contributed by atoms with van der Waals surface area (Å²) >= 11 is 0. The molecule has 39 heavy (non-hydrogen) atoms. The van der Waals surface area contributed by atoms with Crippen LogP contribution >= 0.6 is 0 Å². The highest BCUT2D eigenvalue weighted by molar-refractivity contribution is 5.71. The lowest BCUT2D eigenvalue weighted by Crippen LogP contribution is -2.21. The zero-order chi connectivity index (χ0) is 27.8. The van der Waals surface area contributed by atoms with Crippen molar-refractivity contribution in [3.05, 3.63) is 77.9 Å². The predicted octanol–water partition coefficient (Wildman–Crippen LogP) is 11.0. The van der Waals surface area contributed by atoms with Gasteiger partial charge in [0.25, 0.3) is 0 Å². The Bertz CT molecular complexity index is 1170. The van der Waals surface area contributed by atoms with Crippen molar-refractivity contribution in [1.29, 1.82) is 0 Å². The van der Waals surface area contributed by atoms with E-state index in [-0.39, 0.29) is 23.7 Å². The van der Waals surface area contributed by atoms with Gasteiger partial charge in [0.05, 0.1) is 6.61 Å². The van der Waals surface area contributed by atoms with Crippen molar-refractivity contribution in [3.8, 4) is 28.0 Å². The van der Waals surface area contributed by atoms with Gasteiger partial charge in [-0.05, 0) is 85.3 Å². The second-order valence-electron chi connectivity index (χ2n) is 11.2. The first kappa shape index (κ1) is 29.2. The summed E-state index contributed by atoms with van der Waals surface area (Å²) in [6.45, 7) is 3.55. The Morgan fingerprint density at radius 3 is 1.92 bits per heavy atom. The minimum absolute atomic E-state index is 0.0116. The molecule has 3 aromatic carbocycles. The first-order valence-corrected chi connectivity index (χ1v) is 14.4. The van der Waals surface area contributed by atoms with Gasteiger partial charge in [-0.15, -0.1) is 0 Å². The average Bonchev–Trinajstić information content (AvgIpc) is 2.93. The largest absolute Gasteiger partial charge is 0.490 e. The lowest BCUT2D eigenvalue weighted by molar-refractivity contribution is -0.00932. The van der Waals surface area contributed by atoms with E-state index in [1.807, 2.05) is 12.1 Å². The van der Waals surface area contributed by atoms with Crippen molar-refractivity contribution >= 4 is 0 Å². The third-order valence-corrected chi connectivity index (χ3v) is 7.96. The van der Waals surface area contributed by atoms with Crippen LogP contribution in [0.15, 0.2) is 60.7 Å². The normalized spacial score (nSPS) is 17.8. The fourth-order valence-electron chi connectivity index (χ4n) is 5.75. The number of halogens is 4. The molecule has 1 saturated carbocycles. The van der Waals surface area contributed by atoms with Crippen LogP contribution < -0.4 is 4.74 Å². The molecule has 1 nitrogen and oxygen atoms in total. The standard InChI is InChI=1S/C34H40F4O/c1-3-4-5-6-7-22-39-31-21-20-30(32(35)33(31)36)29-18-16-28(17-19-29)27-14-12-26(13-15-27)25-10-8-24(9-11-25)23-34(2,37)38/h12-21,24-25H,3-11,22-23H2,1-2H3. The Balaban J connectivity index is 1.35. The fourth-order valence-corrected chi connectivity index (χ4v) is 5.75. The number of ether oxygens (including phenoxy) is 1. The van der Waals surface area contributed by atoms with Crippen LogP contribution in [0.1, 0.15) is 89.5 Å². The number of unbranched alkanes of at least 4 members (excludes halogenated alkanes) is 4. The van der Waals surface area contributed by atoms with E-state index in [9.17, 15) is 17.6 Å². The molecule has 1 aliphatic carbocycles. The van der Waals surface area contributed by atoms with E-state index >= 15 is 0 Å². The molecule has 0 unspecified atom stereocenters. The molecule has 210 valence electrons. The average molecular weight is 541 g/mol. The highest BCUT2D eigenvalue weighted by Gasteiger charge is 2.30. The smallest absolute Gasteiger partial charge is 0.245 e. The predicted molar refractivity (Wildman–Crippen MR) is 151 cm³/mol. The van der Waals surface area contributed by atoms with Gasteiger partial charge in [-0.3, -0.25) is 0 Å². The van der Waals surface area contributed by atoms with E-state index in [0.29, 0.717) is 18.1 Å². The van der Waals surface area contributed by atoms with Gasteiger partial charge in [0.1, 0.15) is 0 Å². The van der Waals surface area contributed by atoms with Crippen molar-refractivity contribution in [2.75, 3.05) is 6.61 Å². The molecule has 0 saturated heterocycles. The first-order valence-electron chi connectivity index (χ1n) is 14.4. The maximum atomic E-state index is 14.9. The van der Waals surface area contributed by atoms with Crippen molar-refractivity contribution in [2.24, 2.45) is 5.92 Å². The van der Waals surface area contributed by atoms with Crippen LogP contribution in [-0.4, -0.2) is 12.5 Å². The van der Waals surface area contributed by atoms with Crippen LogP contribution in [-0.2, 0) is 0 Å². The van der Waals surface area contributed by atoms with Gasteiger partial charge >= 0.3 is 0 Å².